The Balaban J connectivity index is 1.68. The zero-order valence-electron chi connectivity index (χ0n) is 16.8. The minimum Gasteiger partial charge on any atom is -0.358 e. The first-order valence-electron chi connectivity index (χ1n) is 9.88. The molecule has 2 atom stereocenters. The van der Waals surface area contributed by atoms with Crippen LogP contribution in [-0.4, -0.2) is 35.7 Å². The van der Waals surface area contributed by atoms with Crippen LogP contribution in [0.2, 0.25) is 0 Å². The van der Waals surface area contributed by atoms with Gasteiger partial charge in [0.2, 0.25) is 0 Å². The predicted octanol–water partition coefficient (Wildman–Crippen LogP) is 4.83. The minimum absolute atomic E-state index is 0.0472. The van der Waals surface area contributed by atoms with Crippen molar-refractivity contribution >= 4 is 23.4 Å². The van der Waals surface area contributed by atoms with Gasteiger partial charge in [-0.3, -0.25) is 14.7 Å². The van der Waals surface area contributed by atoms with E-state index in [0.29, 0.717) is 22.9 Å². The first kappa shape index (κ1) is 20.8. The lowest BCUT2D eigenvalue weighted by Gasteiger charge is -2.36. The van der Waals surface area contributed by atoms with E-state index in [1.54, 1.807) is 42.2 Å². The second-order valence-electron chi connectivity index (χ2n) is 7.33. The normalized spacial score (nSPS) is 21.8. The Morgan fingerprint density at radius 1 is 1.23 bits per heavy atom. The van der Waals surface area contributed by atoms with Crippen molar-refractivity contribution in [1.29, 1.82) is 0 Å². The van der Waals surface area contributed by atoms with E-state index in [9.17, 15) is 13.6 Å². The van der Waals surface area contributed by atoms with Gasteiger partial charge in [-0.25, -0.2) is 8.78 Å². The molecule has 0 radical (unpaired) electrons. The van der Waals surface area contributed by atoms with E-state index in [1.807, 2.05) is 6.07 Å². The zero-order valence-corrected chi connectivity index (χ0v) is 17.7. The molecule has 0 N–H and O–H groups in total. The number of pyridine rings is 1. The van der Waals surface area contributed by atoms with Crippen LogP contribution in [0.3, 0.4) is 0 Å². The highest BCUT2D eigenvalue weighted by Crippen LogP contribution is 2.48. The Kier molecular flexibility index (Phi) is 6.06. The number of hydrogen-bond acceptors (Lipinski definition) is 5. The summed E-state index contributed by atoms with van der Waals surface area (Å²) in [6, 6.07) is 7.39. The molecule has 3 heterocycles. The molecule has 1 fully saturated rings. The number of hydrogen-bond donors (Lipinski definition) is 0. The lowest BCUT2D eigenvalue weighted by Crippen LogP contribution is -2.46. The number of amides is 1. The second-order valence-corrected chi connectivity index (χ2v) is 8.62. The van der Waals surface area contributed by atoms with Gasteiger partial charge in [-0.15, -0.1) is 0 Å². The van der Waals surface area contributed by atoms with Crippen molar-refractivity contribution in [2.45, 2.75) is 37.8 Å². The Bertz CT molecular complexity index is 944. The van der Waals surface area contributed by atoms with Crippen molar-refractivity contribution in [3.8, 4) is 0 Å². The smallest absolute Gasteiger partial charge is 0.277 e. The number of benzene rings is 1. The van der Waals surface area contributed by atoms with Gasteiger partial charge in [0.25, 0.3) is 5.91 Å². The second kappa shape index (κ2) is 8.73. The van der Waals surface area contributed by atoms with Gasteiger partial charge in [-0.1, -0.05) is 17.8 Å². The summed E-state index contributed by atoms with van der Waals surface area (Å²) in [6.45, 7) is 2.39. The van der Waals surface area contributed by atoms with Gasteiger partial charge >= 0.3 is 0 Å². The molecule has 2 aromatic rings. The summed E-state index contributed by atoms with van der Waals surface area (Å²) in [6.07, 6.45) is 5.50. The van der Waals surface area contributed by atoms with Crippen LogP contribution in [0, 0.1) is 11.6 Å². The maximum absolute atomic E-state index is 14.4. The zero-order chi connectivity index (χ0) is 21.3. The quantitative estimate of drug-likeness (QED) is 0.694. The third-order valence-corrected chi connectivity index (χ3v) is 6.68. The van der Waals surface area contributed by atoms with Crippen LogP contribution in [0.5, 0.6) is 0 Å². The Morgan fingerprint density at radius 2 is 2.00 bits per heavy atom. The fourth-order valence-electron chi connectivity index (χ4n) is 3.92. The molecule has 5 nitrogen and oxygen atoms in total. The number of carbonyl (C=O) groups excluding carboxylic acids is 1. The van der Waals surface area contributed by atoms with E-state index in [1.165, 1.54) is 30.0 Å². The van der Waals surface area contributed by atoms with Crippen molar-refractivity contribution in [2.75, 3.05) is 18.6 Å². The highest BCUT2D eigenvalue weighted by Gasteiger charge is 2.40. The summed E-state index contributed by atoms with van der Waals surface area (Å²) in [5.74, 6) is -1.51. The number of ether oxygens (including phenoxy) is 1. The number of nitrogens with zero attached hydrogens (tertiary/aromatic N) is 3. The van der Waals surface area contributed by atoms with E-state index in [-0.39, 0.29) is 11.5 Å². The number of thioether (sulfide) groups is 1. The highest BCUT2D eigenvalue weighted by molar-refractivity contribution is 8.03. The van der Waals surface area contributed by atoms with E-state index < -0.39 is 23.2 Å². The SMILES string of the molecule is CC1=C(C(=O)N(c2cccnc2)C2CCCCO2)N(C)C(c2c(F)cccc2F)S1. The first-order valence-corrected chi connectivity index (χ1v) is 10.8. The Labute approximate surface area is 178 Å². The molecule has 4 rings (SSSR count). The largest absolute Gasteiger partial charge is 0.358 e. The maximum atomic E-state index is 14.4. The molecule has 2 aliphatic heterocycles. The van der Waals surface area contributed by atoms with Gasteiger partial charge in [0, 0.05) is 24.8 Å². The van der Waals surface area contributed by atoms with E-state index in [0.717, 1.165) is 19.3 Å². The monoisotopic (exact) mass is 431 g/mol. The summed E-state index contributed by atoms with van der Waals surface area (Å²) in [5.41, 5.74) is 0.994. The first-order chi connectivity index (χ1) is 14.5. The number of anilines is 1. The van der Waals surface area contributed by atoms with Crippen molar-refractivity contribution in [3.63, 3.8) is 0 Å². The molecule has 1 saturated heterocycles. The molecule has 158 valence electrons. The molecule has 2 aliphatic rings. The number of carbonyl (C=O) groups is 1. The molecule has 2 unspecified atom stereocenters. The molecule has 0 spiro atoms. The molecular weight excluding hydrogens is 408 g/mol. The molecule has 30 heavy (non-hydrogen) atoms. The van der Waals surface area contributed by atoms with E-state index in [2.05, 4.69) is 4.98 Å². The number of likely N-dealkylation sites (N-methyl/N-ethyl adjacent to an activating group) is 1. The fraction of sp³-hybridized carbons (Fsp3) is 0.364. The molecule has 8 heteroatoms. The van der Waals surface area contributed by atoms with Crippen molar-refractivity contribution in [1.82, 2.24) is 9.88 Å². The van der Waals surface area contributed by atoms with Gasteiger partial charge < -0.3 is 9.64 Å². The van der Waals surface area contributed by atoms with Crippen LogP contribution in [0.15, 0.2) is 53.3 Å². The van der Waals surface area contributed by atoms with Crippen LogP contribution >= 0.6 is 11.8 Å². The number of allylic oxidation sites excluding steroid dienone is 1. The fourth-order valence-corrected chi connectivity index (χ4v) is 5.20. The van der Waals surface area contributed by atoms with Gasteiger partial charge in [-0.05, 0) is 50.5 Å². The van der Waals surface area contributed by atoms with Crippen LogP contribution in [0.4, 0.5) is 14.5 Å². The molecule has 1 aromatic heterocycles. The van der Waals surface area contributed by atoms with Crippen LogP contribution in [-0.2, 0) is 9.53 Å². The molecule has 1 amide bonds. The highest BCUT2D eigenvalue weighted by atomic mass is 32.2. The average molecular weight is 432 g/mol. The standard InChI is InChI=1S/C22H23F2N3O2S/c1-14-20(26(2)22(30-14)19-16(23)8-5-9-17(19)24)21(28)27(15-7-6-11-25-13-15)18-10-3-4-12-29-18/h5-9,11,13,18,22H,3-4,10,12H2,1-2H3. The topological polar surface area (TPSA) is 45.7 Å². The summed E-state index contributed by atoms with van der Waals surface area (Å²) in [7, 11) is 1.69. The predicted molar refractivity (Wildman–Crippen MR) is 112 cm³/mol. The van der Waals surface area contributed by atoms with Gasteiger partial charge in [-0.2, -0.15) is 0 Å². The number of rotatable bonds is 4. The molecular formula is C22H23F2N3O2S. The van der Waals surface area contributed by atoms with Crippen LogP contribution in [0.25, 0.3) is 0 Å². The van der Waals surface area contributed by atoms with Crippen molar-refractivity contribution < 1.29 is 18.3 Å². The molecule has 0 aliphatic carbocycles. The third kappa shape index (κ3) is 3.81. The molecule has 1 aromatic carbocycles. The molecule has 0 saturated carbocycles. The van der Waals surface area contributed by atoms with E-state index >= 15 is 0 Å². The Hall–Kier alpha value is -2.45. The van der Waals surface area contributed by atoms with Crippen molar-refractivity contribution in [3.05, 3.63) is 70.5 Å². The summed E-state index contributed by atoms with van der Waals surface area (Å²) < 4.78 is 34.8. The lowest BCUT2D eigenvalue weighted by molar-refractivity contribution is -0.120. The number of halogens is 2. The third-order valence-electron chi connectivity index (χ3n) is 5.36. The Morgan fingerprint density at radius 3 is 2.63 bits per heavy atom. The lowest BCUT2D eigenvalue weighted by atomic mass is 10.1. The van der Waals surface area contributed by atoms with E-state index in [4.69, 9.17) is 4.74 Å². The van der Waals surface area contributed by atoms with Gasteiger partial charge in [0.05, 0.1) is 17.4 Å². The summed E-state index contributed by atoms with van der Waals surface area (Å²) >= 11 is 1.27. The minimum atomic E-state index is -0.659. The van der Waals surface area contributed by atoms with Crippen LogP contribution in [0.1, 0.15) is 37.1 Å². The molecule has 0 bridgehead atoms. The number of aromatic nitrogens is 1. The average Bonchev–Trinajstić information content (AvgIpc) is 3.03. The summed E-state index contributed by atoms with van der Waals surface area (Å²) in [5, 5.41) is -0.659. The van der Waals surface area contributed by atoms with Crippen molar-refractivity contribution in [2.24, 2.45) is 0 Å². The van der Waals surface area contributed by atoms with Crippen LogP contribution < -0.4 is 4.90 Å². The van der Waals surface area contributed by atoms with Gasteiger partial charge in [0.15, 0.2) is 0 Å². The summed E-state index contributed by atoms with van der Waals surface area (Å²) in [4.78, 5) is 21.9. The van der Waals surface area contributed by atoms with Gasteiger partial charge in [0.1, 0.15) is 28.9 Å². The maximum Gasteiger partial charge on any atom is 0.277 e.